The van der Waals surface area contributed by atoms with Gasteiger partial charge in [0.25, 0.3) is 0 Å². The van der Waals surface area contributed by atoms with Crippen LogP contribution in [0.5, 0.6) is 0 Å². The van der Waals surface area contributed by atoms with E-state index in [1.54, 1.807) is 0 Å². The molecule has 1 aliphatic carbocycles. The van der Waals surface area contributed by atoms with E-state index >= 15 is 0 Å². The largest absolute Gasteiger partial charge is 0.396 e. The number of halogens is 1. The third-order valence-corrected chi connectivity index (χ3v) is 3.02. The molecule has 1 unspecified atom stereocenters. The first kappa shape index (κ1) is 9.04. The predicted octanol–water partition coefficient (Wildman–Crippen LogP) is 2.75. The third-order valence-electron chi connectivity index (χ3n) is 2.79. The molecule has 0 spiro atoms. The van der Waals surface area contributed by atoms with Crippen LogP contribution in [0.3, 0.4) is 0 Å². The molecule has 1 aromatic carbocycles. The molecule has 0 radical (unpaired) electrons. The summed E-state index contributed by atoms with van der Waals surface area (Å²) < 4.78 is 0. The molecule has 1 N–H and O–H groups in total. The van der Waals surface area contributed by atoms with Crippen molar-refractivity contribution in [1.29, 1.82) is 0 Å². The third kappa shape index (κ3) is 1.72. The van der Waals surface area contributed by atoms with E-state index in [4.69, 9.17) is 16.7 Å². The fourth-order valence-electron chi connectivity index (χ4n) is 2.11. The summed E-state index contributed by atoms with van der Waals surface area (Å²) in [6, 6.07) is 6.10. The fourth-order valence-corrected chi connectivity index (χ4v) is 2.29. The minimum Gasteiger partial charge on any atom is -0.396 e. The van der Waals surface area contributed by atoms with E-state index < -0.39 is 0 Å². The van der Waals surface area contributed by atoms with Gasteiger partial charge in [0.2, 0.25) is 0 Å². The molecule has 2 rings (SSSR count). The molecule has 1 aromatic rings. The molecule has 1 atom stereocenters. The van der Waals surface area contributed by atoms with Gasteiger partial charge >= 0.3 is 0 Å². The van der Waals surface area contributed by atoms with Crippen LogP contribution in [-0.2, 0) is 6.42 Å². The standard InChI is InChI=1S/C11H13ClO/c12-10-4-3-8-1-2-9(5-6-13)11(8)7-10/h3-4,7,9,13H,1-2,5-6H2. The van der Waals surface area contributed by atoms with Crippen molar-refractivity contribution in [1.82, 2.24) is 0 Å². The molecule has 0 aliphatic heterocycles. The molecule has 1 aliphatic rings. The Morgan fingerprint density at radius 1 is 1.46 bits per heavy atom. The zero-order chi connectivity index (χ0) is 9.26. The van der Waals surface area contributed by atoms with Gasteiger partial charge in [0.05, 0.1) is 0 Å². The maximum atomic E-state index is 8.89. The van der Waals surface area contributed by atoms with Crippen LogP contribution in [0.25, 0.3) is 0 Å². The van der Waals surface area contributed by atoms with Gasteiger partial charge in [-0.2, -0.15) is 0 Å². The molecule has 0 aromatic heterocycles. The minimum atomic E-state index is 0.274. The molecule has 0 bridgehead atoms. The molecule has 1 nitrogen and oxygen atoms in total. The number of hydrogen-bond acceptors (Lipinski definition) is 1. The second kappa shape index (κ2) is 3.69. The van der Waals surface area contributed by atoms with E-state index in [9.17, 15) is 0 Å². The topological polar surface area (TPSA) is 20.2 Å². The molecular formula is C11H13ClO. The van der Waals surface area contributed by atoms with Crippen LogP contribution in [0.4, 0.5) is 0 Å². The molecule has 0 amide bonds. The van der Waals surface area contributed by atoms with Gasteiger partial charge < -0.3 is 5.11 Å². The molecule has 2 heteroatoms. The van der Waals surface area contributed by atoms with Gasteiger partial charge in [0.1, 0.15) is 0 Å². The van der Waals surface area contributed by atoms with Gasteiger partial charge in [-0.15, -0.1) is 0 Å². The average Bonchev–Trinajstić information content (AvgIpc) is 2.49. The summed E-state index contributed by atoms with van der Waals surface area (Å²) in [4.78, 5) is 0. The smallest absolute Gasteiger partial charge is 0.0436 e. The normalized spacial score (nSPS) is 20.3. The van der Waals surface area contributed by atoms with Crippen molar-refractivity contribution >= 4 is 11.6 Å². The Labute approximate surface area is 83.3 Å². The number of aliphatic hydroxyl groups is 1. The molecule has 0 heterocycles. The molecular weight excluding hydrogens is 184 g/mol. The van der Waals surface area contributed by atoms with E-state index in [0.717, 1.165) is 24.3 Å². The highest BCUT2D eigenvalue weighted by molar-refractivity contribution is 6.30. The van der Waals surface area contributed by atoms with Gasteiger partial charge in [0.15, 0.2) is 0 Å². The Morgan fingerprint density at radius 3 is 3.08 bits per heavy atom. The summed E-state index contributed by atoms with van der Waals surface area (Å²) in [5.41, 5.74) is 2.75. The Hall–Kier alpha value is -0.530. The highest BCUT2D eigenvalue weighted by Crippen LogP contribution is 2.36. The van der Waals surface area contributed by atoms with Gasteiger partial charge in [0, 0.05) is 11.6 Å². The number of aryl methyl sites for hydroxylation is 1. The Morgan fingerprint density at radius 2 is 2.31 bits per heavy atom. The van der Waals surface area contributed by atoms with Crippen molar-refractivity contribution in [3.8, 4) is 0 Å². The highest BCUT2D eigenvalue weighted by Gasteiger charge is 2.21. The van der Waals surface area contributed by atoms with Crippen molar-refractivity contribution in [2.45, 2.75) is 25.2 Å². The van der Waals surface area contributed by atoms with Crippen LogP contribution in [-0.4, -0.2) is 11.7 Å². The first-order valence-corrected chi connectivity index (χ1v) is 5.08. The summed E-state index contributed by atoms with van der Waals surface area (Å²) in [7, 11) is 0. The van der Waals surface area contributed by atoms with Crippen molar-refractivity contribution in [2.75, 3.05) is 6.61 Å². The monoisotopic (exact) mass is 196 g/mol. The first-order chi connectivity index (χ1) is 6.31. The van der Waals surface area contributed by atoms with Crippen LogP contribution in [0.1, 0.15) is 29.9 Å². The van der Waals surface area contributed by atoms with Gasteiger partial charge in [-0.25, -0.2) is 0 Å². The zero-order valence-corrected chi connectivity index (χ0v) is 8.22. The fraction of sp³-hybridized carbons (Fsp3) is 0.455. The lowest BCUT2D eigenvalue weighted by Gasteiger charge is -2.09. The van der Waals surface area contributed by atoms with Gasteiger partial charge in [-0.3, -0.25) is 0 Å². The van der Waals surface area contributed by atoms with Crippen LogP contribution in [0.2, 0.25) is 5.02 Å². The van der Waals surface area contributed by atoms with E-state index in [0.29, 0.717) is 5.92 Å². The predicted molar refractivity (Wildman–Crippen MR) is 54.2 cm³/mol. The van der Waals surface area contributed by atoms with Crippen molar-refractivity contribution in [3.63, 3.8) is 0 Å². The number of rotatable bonds is 2. The minimum absolute atomic E-state index is 0.274. The summed E-state index contributed by atoms with van der Waals surface area (Å²) in [5, 5.41) is 9.70. The molecule has 0 saturated carbocycles. The number of benzene rings is 1. The molecule has 13 heavy (non-hydrogen) atoms. The Kier molecular flexibility index (Phi) is 2.56. The molecule has 70 valence electrons. The summed E-state index contributed by atoms with van der Waals surface area (Å²) in [5.74, 6) is 0.527. The lowest BCUT2D eigenvalue weighted by molar-refractivity contribution is 0.275. The summed E-state index contributed by atoms with van der Waals surface area (Å²) in [6.07, 6.45) is 3.17. The van der Waals surface area contributed by atoms with Crippen LogP contribution >= 0.6 is 11.6 Å². The van der Waals surface area contributed by atoms with E-state index in [1.165, 1.54) is 11.1 Å². The van der Waals surface area contributed by atoms with E-state index in [-0.39, 0.29) is 6.61 Å². The van der Waals surface area contributed by atoms with Crippen molar-refractivity contribution in [3.05, 3.63) is 34.3 Å². The second-order valence-corrected chi connectivity index (χ2v) is 4.03. The van der Waals surface area contributed by atoms with Crippen LogP contribution in [0, 0.1) is 0 Å². The maximum absolute atomic E-state index is 8.89. The SMILES string of the molecule is OCCC1CCc2ccc(Cl)cc21. The van der Waals surface area contributed by atoms with Crippen LogP contribution in [0.15, 0.2) is 18.2 Å². The zero-order valence-electron chi connectivity index (χ0n) is 7.46. The molecule has 0 saturated heterocycles. The summed E-state index contributed by atoms with van der Waals surface area (Å²) >= 11 is 5.93. The van der Waals surface area contributed by atoms with Crippen LogP contribution < -0.4 is 0 Å². The van der Waals surface area contributed by atoms with E-state index in [1.807, 2.05) is 12.1 Å². The lowest BCUT2D eigenvalue weighted by atomic mass is 9.98. The number of hydrogen-bond donors (Lipinski definition) is 1. The van der Waals surface area contributed by atoms with Gasteiger partial charge in [-0.05, 0) is 48.4 Å². The Bertz CT molecular complexity index is 307. The van der Waals surface area contributed by atoms with E-state index in [2.05, 4.69) is 6.07 Å². The Balaban J connectivity index is 2.29. The second-order valence-electron chi connectivity index (χ2n) is 3.59. The highest BCUT2D eigenvalue weighted by atomic mass is 35.5. The first-order valence-electron chi connectivity index (χ1n) is 4.70. The summed E-state index contributed by atoms with van der Waals surface area (Å²) in [6.45, 7) is 0.274. The molecule has 0 fully saturated rings. The number of aliphatic hydroxyl groups excluding tert-OH is 1. The number of fused-ring (bicyclic) bond motifs is 1. The van der Waals surface area contributed by atoms with Crippen molar-refractivity contribution < 1.29 is 5.11 Å². The lowest BCUT2D eigenvalue weighted by Crippen LogP contribution is -1.96. The van der Waals surface area contributed by atoms with Gasteiger partial charge in [-0.1, -0.05) is 17.7 Å². The maximum Gasteiger partial charge on any atom is 0.0436 e. The quantitative estimate of drug-likeness (QED) is 0.771. The average molecular weight is 197 g/mol. The van der Waals surface area contributed by atoms with Crippen molar-refractivity contribution in [2.24, 2.45) is 0 Å².